The van der Waals surface area contributed by atoms with Crippen LogP contribution in [0.15, 0.2) is 24.6 Å². The summed E-state index contributed by atoms with van der Waals surface area (Å²) in [6.07, 6.45) is 12.6. The smallest absolute Gasteiger partial charge is 0.0227 e. The molecular formula is C10H18N. The summed E-state index contributed by atoms with van der Waals surface area (Å²) in [6, 6.07) is 0. The lowest BCUT2D eigenvalue weighted by atomic mass is 10.3. The number of hydrogen-bond acceptors (Lipinski definition) is 0. The minimum atomic E-state index is 1.13. The van der Waals surface area contributed by atoms with Gasteiger partial charge in [-0.15, -0.1) is 0 Å². The van der Waals surface area contributed by atoms with Crippen LogP contribution in [0.2, 0.25) is 0 Å². The molecule has 0 amide bonds. The Labute approximate surface area is 70.2 Å². The lowest BCUT2D eigenvalue weighted by Gasteiger charge is -1.85. The molecule has 0 unspecified atom stereocenters. The fourth-order valence-corrected chi connectivity index (χ4v) is 0.654. The maximum Gasteiger partial charge on any atom is 0.0227 e. The molecule has 0 fully saturated rings. The summed E-state index contributed by atoms with van der Waals surface area (Å²) >= 11 is 0. The SMILES string of the molecule is CCCC=C[N]C=CCCC. The van der Waals surface area contributed by atoms with E-state index < -0.39 is 0 Å². The predicted octanol–water partition coefficient (Wildman–Crippen LogP) is 3.22. The van der Waals surface area contributed by atoms with E-state index in [-0.39, 0.29) is 0 Å². The van der Waals surface area contributed by atoms with Crippen molar-refractivity contribution < 1.29 is 0 Å². The van der Waals surface area contributed by atoms with Gasteiger partial charge < -0.3 is 0 Å². The summed E-state index contributed by atoms with van der Waals surface area (Å²) in [6.45, 7) is 4.33. The molecule has 0 atom stereocenters. The van der Waals surface area contributed by atoms with Crippen molar-refractivity contribution >= 4 is 0 Å². The van der Waals surface area contributed by atoms with Crippen LogP contribution in [0.25, 0.3) is 0 Å². The van der Waals surface area contributed by atoms with E-state index in [2.05, 4.69) is 31.3 Å². The molecule has 0 N–H and O–H groups in total. The van der Waals surface area contributed by atoms with Crippen LogP contribution in [0.3, 0.4) is 0 Å². The van der Waals surface area contributed by atoms with Gasteiger partial charge in [-0.3, -0.25) is 5.32 Å². The standard InChI is InChI=1S/C10H18N/c1-3-5-7-9-11-10-8-6-4-2/h7-10H,3-6H2,1-2H3. The Balaban J connectivity index is 3.11. The largest absolute Gasteiger partial charge is 0.265 e. The molecule has 0 heterocycles. The Morgan fingerprint density at radius 1 is 0.909 bits per heavy atom. The van der Waals surface area contributed by atoms with Gasteiger partial charge in [0.05, 0.1) is 0 Å². The number of unbranched alkanes of at least 4 members (excludes halogenated alkanes) is 2. The second-order valence-corrected chi connectivity index (χ2v) is 2.50. The summed E-state index contributed by atoms with van der Waals surface area (Å²) in [5.41, 5.74) is 0. The Morgan fingerprint density at radius 2 is 1.36 bits per heavy atom. The van der Waals surface area contributed by atoms with Gasteiger partial charge in [-0.25, -0.2) is 0 Å². The molecule has 11 heavy (non-hydrogen) atoms. The Hall–Kier alpha value is -0.720. The molecule has 0 aliphatic rings. The molecule has 1 heteroatoms. The molecule has 0 bridgehead atoms. The van der Waals surface area contributed by atoms with E-state index in [0.717, 1.165) is 12.8 Å². The highest BCUT2D eigenvalue weighted by Crippen LogP contribution is 1.89. The Kier molecular flexibility index (Phi) is 8.67. The Bertz CT molecular complexity index is 100. The molecule has 0 saturated carbocycles. The molecule has 0 saturated heterocycles. The average Bonchev–Trinajstić information content (AvgIpc) is 2.03. The van der Waals surface area contributed by atoms with Crippen molar-refractivity contribution in [2.45, 2.75) is 39.5 Å². The fourth-order valence-electron chi connectivity index (χ4n) is 0.654. The maximum absolute atomic E-state index is 4.09. The van der Waals surface area contributed by atoms with E-state index in [1.165, 1.54) is 12.8 Å². The van der Waals surface area contributed by atoms with Crippen molar-refractivity contribution in [2.24, 2.45) is 0 Å². The second kappa shape index (κ2) is 9.28. The van der Waals surface area contributed by atoms with E-state index in [1.807, 2.05) is 12.4 Å². The van der Waals surface area contributed by atoms with Crippen molar-refractivity contribution in [1.29, 1.82) is 0 Å². The first kappa shape index (κ1) is 10.3. The number of hydrogen-bond donors (Lipinski definition) is 0. The lowest BCUT2D eigenvalue weighted by molar-refractivity contribution is 0.936. The van der Waals surface area contributed by atoms with Crippen LogP contribution in [0.1, 0.15) is 39.5 Å². The lowest BCUT2D eigenvalue weighted by Crippen LogP contribution is -1.80. The van der Waals surface area contributed by atoms with Gasteiger partial charge in [-0.2, -0.15) is 0 Å². The van der Waals surface area contributed by atoms with Crippen molar-refractivity contribution in [2.75, 3.05) is 0 Å². The molecule has 0 aromatic rings. The number of nitrogens with zero attached hydrogens (tertiary/aromatic N) is 1. The van der Waals surface area contributed by atoms with Crippen molar-refractivity contribution in [3.05, 3.63) is 24.6 Å². The van der Waals surface area contributed by atoms with Gasteiger partial charge >= 0.3 is 0 Å². The maximum atomic E-state index is 4.09. The van der Waals surface area contributed by atoms with Gasteiger partial charge in [-0.05, 0) is 12.8 Å². The first-order valence-electron chi connectivity index (χ1n) is 4.41. The minimum Gasteiger partial charge on any atom is -0.265 e. The summed E-state index contributed by atoms with van der Waals surface area (Å²) < 4.78 is 0. The Morgan fingerprint density at radius 3 is 1.73 bits per heavy atom. The summed E-state index contributed by atoms with van der Waals surface area (Å²) in [5, 5.41) is 4.09. The topological polar surface area (TPSA) is 14.1 Å². The summed E-state index contributed by atoms with van der Waals surface area (Å²) in [5.74, 6) is 0. The highest BCUT2D eigenvalue weighted by molar-refractivity contribution is 4.87. The average molecular weight is 152 g/mol. The van der Waals surface area contributed by atoms with Gasteiger partial charge in [-0.1, -0.05) is 38.8 Å². The minimum absolute atomic E-state index is 1.13. The molecule has 1 radical (unpaired) electrons. The number of rotatable bonds is 6. The predicted molar refractivity (Wildman–Crippen MR) is 50.2 cm³/mol. The fraction of sp³-hybridized carbons (Fsp3) is 0.600. The van der Waals surface area contributed by atoms with Crippen LogP contribution in [-0.4, -0.2) is 0 Å². The molecule has 0 aromatic heterocycles. The van der Waals surface area contributed by atoms with E-state index in [4.69, 9.17) is 0 Å². The van der Waals surface area contributed by atoms with Gasteiger partial charge in [0.1, 0.15) is 0 Å². The zero-order valence-electron chi connectivity index (χ0n) is 7.59. The van der Waals surface area contributed by atoms with Crippen LogP contribution in [0.4, 0.5) is 0 Å². The van der Waals surface area contributed by atoms with Crippen LogP contribution >= 0.6 is 0 Å². The molecular weight excluding hydrogens is 134 g/mol. The van der Waals surface area contributed by atoms with Crippen molar-refractivity contribution in [3.63, 3.8) is 0 Å². The molecule has 63 valence electrons. The third-order valence-corrected chi connectivity index (χ3v) is 1.29. The summed E-state index contributed by atoms with van der Waals surface area (Å²) in [4.78, 5) is 0. The van der Waals surface area contributed by atoms with E-state index in [9.17, 15) is 0 Å². The van der Waals surface area contributed by atoms with E-state index in [1.54, 1.807) is 0 Å². The highest BCUT2D eigenvalue weighted by Gasteiger charge is 1.73. The van der Waals surface area contributed by atoms with Gasteiger partial charge in [0.25, 0.3) is 0 Å². The first-order valence-corrected chi connectivity index (χ1v) is 4.41. The quantitative estimate of drug-likeness (QED) is 0.555. The van der Waals surface area contributed by atoms with Crippen molar-refractivity contribution in [1.82, 2.24) is 5.32 Å². The molecule has 0 rings (SSSR count). The van der Waals surface area contributed by atoms with Crippen molar-refractivity contribution in [3.8, 4) is 0 Å². The number of allylic oxidation sites excluding steroid dienone is 2. The highest BCUT2D eigenvalue weighted by atomic mass is 14.8. The van der Waals surface area contributed by atoms with Gasteiger partial charge in [0.2, 0.25) is 0 Å². The molecule has 0 aromatic carbocycles. The molecule has 0 aliphatic carbocycles. The third-order valence-electron chi connectivity index (χ3n) is 1.29. The normalized spacial score (nSPS) is 11.5. The zero-order valence-corrected chi connectivity index (χ0v) is 7.59. The van der Waals surface area contributed by atoms with Crippen LogP contribution in [0.5, 0.6) is 0 Å². The van der Waals surface area contributed by atoms with Crippen LogP contribution < -0.4 is 5.32 Å². The zero-order chi connectivity index (χ0) is 8.36. The van der Waals surface area contributed by atoms with Crippen LogP contribution in [0, 0.1) is 0 Å². The van der Waals surface area contributed by atoms with Crippen LogP contribution in [-0.2, 0) is 0 Å². The first-order chi connectivity index (χ1) is 5.41. The van der Waals surface area contributed by atoms with Gasteiger partial charge in [0, 0.05) is 12.4 Å². The summed E-state index contributed by atoms with van der Waals surface area (Å²) in [7, 11) is 0. The van der Waals surface area contributed by atoms with E-state index in [0.29, 0.717) is 0 Å². The molecule has 0 spiro atoms. The molecule has 0 aliphatic heterocycles. The van der Waals surface area contributed by atoms with Gasteiger partial charge in [0.15, 0.2) is 0 Å². The third kappa shape index (κ3) is 9.28. The molecule has 1 nitrogen and oxygen atoms in total. The monoisotopic (exact) mass is 152 g/mol. The van der Waals surface area contributed by atoms with E-state index >= 15 is 0 Å². The second-order valence-electron chi connectivity index (χ2n) is 2.50.